The van der Waals surface area contributed by atoms with E-state index >= 15 is 0 Å². The van der Waals surface area contributed by atoms with Crippen molar-refractivity contribution >= 4 is 34.0 Å². The molecular weight excluding hydrogens is 362 g/mol. The molecule has 0 aliphatic carbocycles. The van der Waals surface area contributed by atoms with Crippen LogP contribution in [0.2, 0.25) is 0 Å². The number of rotatable bonds is 6. The summed E-state index contributed by atoms with van der Waals surface area (Å²) in [6, 6.07) is 5.21. The Hall–Kier alpha value is -1.31. The van der Waals surface area contributed by atoms with Crippen LogP contribution in [0.4, 0.5) is 5.69 Å². The summed E-state index contributed by atoms with van der Waals surface area (Å²) in [4.78, 5) is 14.7. The second kappa shape index (κ2) is 9.40. The summed E-state index contributed by atoms with van der Waals surface area (Å²) in [6.07, 6.45) is 4.21. The fourth-order valence-electron chi connectivity index (χ4n) is 3.07. The molecule has 0 saturated carbocycles. The van der Waals surface area contributed by atoms with Crippen molar-refractivity contribution in [2.75, 3.05) is 37.7 Å². The monoisotopic (exact) mass is 389 g/mol. The Kier molecular flexibility index (Phi) is 8.18. The van der Waals surface area contributed by atoms with Gasteiger partial charge in [0.05, 0.1) is 17.5 Å². The number of hydrogen-bond acceptors (Lipinski definition) is 4. The van der Waals surface area contributed by atoms with Gasteiger partial charge in [0, 0.05) is 13.1 Å². The molecular formula is C17H28ClN3O3S. The molecule has 1 aromatic rings. The molecule has 0 spiro atoms. The van der Waals surface area contributed by atoms with Crippen LogP contribution in [0.15, 0.2) is 18.2 Å². The minimum atomic E-state index is -3.42. The molecule has 1 aliphatic rings. The molecule has 1 aliphatic heterocycles. The predicted octanol–water partition coefficient (Wildman–Crippen LogP) is 2.25. The Labute approximate surface area is 156 Å². The number of nitrogens with zero attached hydrogens (tertiary/aromatic N) is 1. The van der Waals surface area contributed by atoms with Gasteiger partial charge in [-0.15, -0.1) is 12.4 Å². The molecule has 2 N–H and O–H groups in total. The van der Waals surface area contributed by atoms with Crippen LogP contribution in [0.5, 0.6) is 0 Å². The summed E-state index contributed by atoms with van der Waals surface area (Å²) in [5.41, 5.74) is 1.71. The van der Waals surface area contributed by atoms with E-state index in [9.17, 15) is 13.2 Å². The molecule has 0 aromatic heterocycles. The van der Waals surface area contributed by atoms with Crippen LogP contribution in [-0.2, 0) is 10.0 Å². The van der Waals surface area contributed by atoms with Crippen LogP contribution in [0.1, 0.15) is 35.2 Å². The molecule has 1 saturated heterocycles. The van der Waals surface area contributed by atoms with Crippen LogP contribution < -0.4 is 10.0 Å². The summed E-state index contributed by atoms with van der Waals surface area (Å²) >= 11 is 0. The van der Waals surface area contributed by atoms with Crippen molar-refractivity contribution in [1.82, 2.24) is 10.2 Å². The van der Waals surface area contributed by atoms with E-state index in [2.05, 4.69) is 10.0 Å². The molecule has 1 aromatic carbocycles. The molecule has 25 heavy (non-hydrogen) atoms. The molecule has 0 radical (unpaired) electrons. The molecule has 0 bridgehead atoms. The van der Waals surface area contributed by atoms with Gasteiger partial charge < -0.3 is 10.2 Å². The third-order valence-corrected chi connectivity index (χ3v) is 5.00. The highest BCUT2D eigenvalue weighted by Crippen LogP contribution is 2.25. The second-order valence-corrected chi connectivity index (χ2v) is 8.30. The van der Waals surface area contributed by atoms with Crippen LogP contribution in [0.3, 0.4) is 0 Å². The van der Waals surface area contributed by atoms with Gasteiger partial charge >= 0.3 is 0 Å². The zero-order valence-corrected chi connectivity index (χ0v) is 16.7. The van der Waals surface area contributed by atoms with E-state index in [-0.39, 0.29) is 18.3 Å². The van der Waals surface area contributed by atoms with E-state index in [0.717, 1.165) is 50.7 Å². The lowest BCUT2D eigenvalue weighted by Gasteiger charge is -2.32. The molecule has 1 fully saturated rings. The molecule has 0 unspecified atom stereocenters. The summed E-state index contributed by atoms with van der Waals surface area (Å²) in [6.45, 7) is 4.34. The van der Waals surface area contributed by atoms with Gasteiger partial charge in [0.25, 0.3) is 5.91 Å². The summed E-state index contributed by atoms with van der Waals surface area (Å²) in [7, 11) is -1.47. The lowest BCUT2D eigenvalue weighted by atomic mass is 9.93. The first-order valence-corrected chi connectivity index (χ1v) is 10.2. The molecule has 1 amide bonds. The Morgan fingerprint density at radius 2 is 1.92 bits per heavy atom. The molecule has 142 valence electrons. The van der Waals surface area contributed by atoms with E-state index in [4.69, 9.17) is 0 Å². The van der Waals surface area contributed by atoms with Crippen molar-refractivity contribution in [2.45, 2.75) is 26.2 Å². The number of nitrogens with one attached hydrogen (secondary N) is 2. The maximum absolute atomic E-state index is 12.9. The fourth-order valence-corrected chi connectivity index (χ4v) is 3.64. The first-order valence-electron chi connectivity index (χ1n) is 8.32. The zero-order valence-electron chi connectivity index (χ0n) is 15.0. The van der Waals surface area contributed by atoms with E-state index in [0.29, 0.717) is 17.2 Å². The number of carbonyl (C=O) groups excluding carboxylic acids is 1. The second-order valence-electron chi connectivity index (χ2n) is 6.55. The number of hydrogen-bond donors (Lipinski definition) is 2. The molecule has 1 heterocycles. The lowest BCUT2D eigenvalue weighted by molar-refractivity contribution is 0.0688. The number of halogens is 1. The van der Waals surface area contributed by atoms with Gasteiger partial charge in [0.1, 0.15) is 0 Å². The van der Waals surface area contributed by atoms with Crippen molar-refractivity contribution in [3.05, 3.63) is 29.3 Å². The average molecular weight is 390 g/mol. The smallest absolute Gasteiger partial charge is 0.255 e. The van der Waals surface area contributed by atoms with E-state index in [1.807, 2.05) is 18.9 Å². The Balaban J connectivity index is 0.00000312. The highest BCUT2D eigenvalue weighted by Gasteiger charge is 2.25. The van der Waals surface area contributed by atoms with Crippen molar-refractivity contribution in [1.29, 1.82) is 0 Å². The van der Waals surface area contributed by atoms with Gasteiger partial charge in [-0.05, 0) is 57.8 Å². The Morgan fingerprint density at radius 1 is 1.28 bits per heavy atom. The summed E-state index contributed by atoms with van der Waals surface area (Å²) in [5, 5.41) is 3.16. The molecule has 8 heteroatoms. The van der Waals surface area contributed by atoms with E-state index in [1.54, 1.807) is 18.2 Å². The van der Waals surface area contributed by atoms with Gasteiger partial charge in [-0.1, -0.05) is 11.6 Å². The highest BCUT2D eigenvalue weighted by molar-refractivity contribution is 7.92. The van der Waals surface area contributed by atoms with Crippen LogP contribution >= 0.6 is 12.4 Å². The summed E-state index contributed by atoms with van der Waals surface area (Å²) < 4.78 is 25.5. The first-order chi connectivity index (χ1) is 11.3. The molecule has 2 rings (SSSR count). The van der Waals surface area contributed by atoms with Gasteiger partial charge in [-0.2, -0.15) is 0 Å². The van der Waals surface area contributed by atoms with Crippen LogP contribution in [0.25, 0.3) is 0 Å². The zero-order chi connectivity index (χ0) is 17.7. The Morgan fingerprint density at radius 3 is 2.48 bits per heavy atom. The quantitative estimate of drug-likeness (QED) is 0.782. The standard InChI is InChI=1S/C17H27N3O3S.ClH/c1-13-4-5-16(19-24(3,22)23)15(12-13)17(21)20-10-7-14(8-11-20)6-9-18-2;/h4-5,12,14,18-19H,6-11H2,1-3H3;1H. The lowest BCUT2D eigenvalue weighted by Crippen LogP contribution is -2.39. The number of amides is 1. The Bertz CT molecular complexity index is 686. The predicted molar refractivity (Wildman–Crippen MR) is 104 cm³/mol. The van der Waals surface area contributed by atoms with Gasteiger partial charge in [-0.25, -0.2) is 8.42 Å². The van der Waals surface area contributed by atoms with Gasteiger partial charge in [0.15, 0.2) is 0 Å². The van der Waals surface area contributed by atoms with Gasteiger partial charge in [0.2, 0.25) is 10.0 Å². The third-order valence-electron chi connectivity index (χ3n) is 4.41. The number of aryl methyl sites for hydroxylation is 1. The van der Waals surface area contributed by atoms with Crippen molar-refractivity contribution < 1.29 is 13.2 Å². The normalized spacial score (nSPS) is 15.6. The molecule has 6 nitrogen and oxygen atoms in total. The number of sulfonamides is 1. The van der Waals surface area contributed by atoms with Crippen molar-refractivity contribution in [3.8, 4) is 0 Å². The van der Waals surface area contributed by atoms with Crippen LogP contribution in [0, 0.1) is 12.8 Å². The third kappa shape index (κ3) is 6.49. The molecule has 0 atom stereocenters. The number of piperidine rings is 1. The number of benzene rings is 1. The van der Waals surface area contributed by atoms with Crippen molar-refractivity contribution in [3.63, 3.8) is 0 Å². The van der Waals surface area contributed by atoms with Crippen LogP contribution in [-0.4, -0.2) is 52.2 Å². The van der Waals surface area contributed by atoms with Crippen molar-refractivity contribution in [2.24, 2.45) is 5.92 Å². The van der Waals surface area contributed by atoms with E-state index < -0.39 is 10.0 Å². The summed E-state index contributed by atoms with van der Waals surface area (Å²) in [5.74, 6) is 0.546. The maximum atomic E-state index is 12.9. The first kappa shape index (κ1) is 21.7. The van der Waals surface area contributed by atoms with E-state index in [1.165, 1.54) is 0 Å². The number of anilines is 1. The van der Waals surface area contributed by atoms with Gasteiger partial charge in [-0.3, -0.25) is 9.52 Å². The SMILES string of the molecule is CNCCC1CCN(C(=O)c2cc(C)ccc2NS(C)(=O)=O)CC1.Cl. The number of likely N-dealkylation sites (tertiary alicyclic amines) is 1. The largest absolute Gasteiger partial charge is 0.339 e. The topological polar surface area (TPSA) is 78.5 Å². The minimum Gasteiger partial charge on any atom is -0.339 e. The average Bonchev–Trinajstić information content (AvgIpc) is 2.53. The number of carbonyl (C=O) groups is 1. The maximum Gasteiger partial charge on any atom is 0.255 e. The fraction of sp³-hybridized carbons (Fsp3) is 0.588. The highest BCUT2D eigenvalue weighted by atomic mass is 35.5. The minimum absolute atomic E-state index is 0.